The van der Waals surface area contributed by atoms with Gasteiger partial charge in [0.05, 0.1) is 5.25 Å². The summed E-state index contributed by atoms with van der Waals surface area (Å²) < 4.78 is 13.4. The number of thiophene rings is 1. The highest BCUT2D eigenvalue weighted by atomic mass is 32.2. The van der Waals surface area contributed by atoms with Crippen molar-refractivity contribution in [2.75, 3.05) is 7.05 Å². The van der Waals surface area contributed by atoms with Crippen LogP contribution in [0.3, 0.4) is 0 Å². The highest BCUT2D eigenvalue weighted by Gasteiger charge is 2.25. The van der Waals surface area contributed by atoms with Gasteiger partial charge in [-0.15, -0.1) is 11.3 Å². The van der Waals surface area contributed by atoms with E-state index in [9.17, 15) is 9.18 Å². The van der Waals surface area contributed by atoms with Gasteiger partial charge in [-0.2, -0.15) is 0 Å². The largest absolute Gasteiger partial charge is 0.340 e. The average Bonchev–Trinajstić information content (AvgIpc) is 3.22. The van der Waals surface area contributed by atoms with Gasteiger partial charge in [-0.05, 0) is 49.4 Å². The van der Waals surface area contributed by atoms with Gasteiger partial charge in [0, 0.05) is 23.9 Å². The Morgan fingerprint density at radius 2 is 2.22 bits per heavy atom. The van der Waals surface area contributed by atoms with Crippen molar-refractivity contribution in [2.45, 2.75) is 43.0 Å². The van der Waals surface area contributed by atoms with Gasteiger partial charge < -0.3 is 4.90 Å². The molecule has 0 saturated carbocycles. The Kier molecular flexibility index (Phi) is 5.14. The van der Waals surface area contributed by atoms with Crippen molar-refractivity contribution in [1.29, 1.82) is 0 Å². The molecule has 1 aliphatic rings. The minimum absolute atomic E-state index is 0.00268. The number of hydrogen-bond donors (Lipinski definition) is 0. The number of hydrogen-bond acceptors (Lipinski definition) is 5. The third-order valence-electron chi connectivity index (χ3n) is 4.79. The molecule has 0 saturated heterocycles. The second kappa shape index (κ2) is 7.56. The monoisotopic (exact) mass is 401 g/mol. The van der Waals surface area contributed by atoms with Crippen LogP contribution in [0.25, 0.3) is 10.2 Å². The molecule has 7 heteroatoms. The zero-order valence-electron chi connectivity index (χ0n) is 15.2. The first-order valence-corrected chi connectivity index (χ1v) is 10.6. The van der Waals surface area contributed by atoms with Crippen LogP contribution < -0.4 is 0 Å². The van der Waals surface area contributed by atoms with E-state index < -0.39 is 0 Å². The van der Waals surface area contributed by atoms with Crippen molar-refractivity contribution in [3.8, 4) is 0 Å². The third kappa shape index (κ3) is 3.71. The lowest BCUT2D eigenvalue weighted by Crippen LogP contribution is -2.32. The summed E-state index contributed by atoms with van der Waals surface area (Å²) in [4.78, 5) is 25.8. The molecular weight excluding hydrogens is 381 g/mol. The van der Waals surface area contributed by atoms with Gasteiger partial charge in [-0.1, -0.05) is 23.9 Å². The highest BCUT2D eigenvalue weighted by molar-refractivity contribution is 8.00. The van der Waals surface area contributed by atoms with Gasteiger partial charge in [-0.3, -0.25) is 4.79 Å². The summed E-state index contributed by atoms with van der Waals surface area (Å²) in [6, 6.07) is 6.36. The van der Waals surface area contributed by atoms with Gasteiger partial charge in [0.25, 0.3) is 0 Å². The zero-order valence-corrected chi connectivity index (χ0v) is 16.9. The molecule has 0 unspecified atom stereocenters. The topological polar surface area (TPSA) is 46.1 Å². The van der Waals surface area contributed by atoms with Crippen LogP contribution in [0.4, 0.5) is 4.39 Å². The molecule has 2 heterocycles. The number of amides is 1. The molecule has 0 fully saturated rings. The molecule has 140 valence electrons. The first-order chi connectivity index (χ1) is 13.0. The predicted octanol–water partition coefficient (Wildman–Crippen LogP) is 4.46. The number of nitrogens with zero attached hydrogens (tertiary/aromatic N) is 3. The van der Waals surface area contributed by atoms with E-state index >= 15 is 0 Å². The van der Waals surface area contributed by atoms with Crippen molar-refractivity contribution < 1.29 is 9.18 Å². The summed E-state index contributed by atoms with van der Waals surface area (Å²) >= 11 is 3.23. The molecule has 0 radical (unpaired) electrons. The Balaban J connectivity index is 1.51. The first kappa shape index (κ1) is 18.4. The summed E-state index contributed by atoms with van der Waals surface area (Å²) in [7, 11) is 1.75. The van der Waals surface area contributed by atoms with Crippen LogP contribution in [-0.2, 0) is 24.2 Å². The lowest BCUT2D eigenvalue weighted by Gasteiger charge is -2.21. The smallest absolute Gasteiger partial charge is 0.235 e. The standard InChI is InChI=1S/C20H20FN3OS2/c1-12(20(25)24(2)10-13-5-3-6-14(21)9-13)26-18-17-15-7-4-8-16(15)27-19(17)23-11-22-18/h3,5-6,9,11-12H,4,7-8,10H2,1-2H3/t12-/m1/s1. The maximum atomic E-state index is 13.4. The van der Waals surface area contributed by atoms with Crippen molar-refractivity contribution in [2.24, 2.45) is 0 Å². The molecule has 1 aromatic carbocycles. The van der Waals surface area contributed by atoms with Crippen LogP contribution in [0.15, 0.2) is 35.6 Å². The number of rotatable bonds is 5. The van der Waals surface area contributed by atoms with Gasteiger partial charge in [0.1, 0.15) is 22.0 Å². The fourth-order valence-electron chi connectivity index (χ4n) is 3.50. The number of carbonyl (C=O) groups excluding carboxylic acids is 1. The molecule has 1 aliphatic carbocycles. The summed E-state index contributed by atoms with van der Waals surface area (Å²) in [5.41, 5.74) is 2.15. The molecule has 0 spiro atoms. The lowest BCUT2D eigenvalue weighted by molar-refractivity contribution is -0.129. The molecule has 4 nitrogen and oxygen atoms in total. The van der Waals surface area contributed by atoms with Crippen molar-refractivity contribution in [3.05, 3.63) is 52.4 Å². The van der Waals surface area contributed by atoms with Crippen LogP contribution in [0.1, 0.15) is 29.3 Å². The van der Waals surface area contributed by atoms with E-state index in [2.05, 4.69) is 9.97 Å². The first-order valence-electron chi connectivity index (χ1n) is 8.94. The molecule has 0 aliphatic heterocycles. The highest BCUT2D eigenvalue weighted by Crippen LogP contribution is 2.41. The maximum Gasteiger partial charge on any atom is 0.235 e. The lowest BCUT2D eigenvalue weighted by atomic mass is 10.2. The summed E-state index contributed by atoms with van der Waals surface area (Å²) in [5, 5.41) is 1.74. The van der Waals surface area contributed by atoms with E-state index in [0.717, 1.165) is 33.6 Å². The third-order valence-corrected chi connectivity index (χ3v) is 7.08. The number of carbonyl (C=O) groups is 1. The maximum absolute atomic E-state index is 13.4. The average molecular weight is 402 g/mol. The predicted molar refractivity (Wildman–Crippen MR) is 108 cm³/mol. The van der Waals surface area contributed by atoms with Gasteiger partial charge >= 0.3 is 0 Å². The summed E-state index contributed by atoms with van der Waals surface area (Å²) in [6.45, 7) is 2.28. The van der Waals surface area contributed by atoms with Gasteiger partial charge in [0.15, 0.2) is 0 Å². The van der Waals surface area contributed by atoms with Crippen molar-refractivity contribution in [1.82, 2.24) is 14.9 Å². The van der Waals surface area contributed by atoms with Gasteiger partial charge in [-0.25, -0.2) is 14.4 Å². The minimum Gasteiger partial charge on any atom is -0.340 e. The van der Waals surface area contributed by atoms with Crippen LogP contribution in [0.2, 0.25) is 0 Å². The minimum atomic E-state index is -0.287. The van der Waals surface area contributed by atoms with E-state index in [1.54, 1.807) is 35.7 Å². The molecule has 4 rings (SSSR count). The van der Waals surface area contributed by atoms with E-state index in [-0.39, 0.29) is 17.0 Å². The number of halogens is 1. The Hall–Kier alpha value is -1.99. The molecule has 2 aromatic heterocycles. The molecule has 0 bridgehead atoms. The number of aromatic nitrogens is 2. The van der Waals surface area contributed by atoms with E-state index in [4.69, 9.17) is 0 Å². The van der Waals surface area contributed by atoms with Crippen LogP contribution in [-0.4, -0.2) is 33.1 Å². The number of benzene rings is 1. The van der Waals surface area contributed by atoms with Crippen LogP contribution in [0.5, 0.6) is 0 Å². The zero-order chi connectivity index (χ0) is 19.0. The molecule has 3 aromatic rings. The van der Waals surface area contributed by atoms with Crippen molar-refractivity contribution in [3.63, 3.8) is 0 Å². The van der Waals surface area contributed by atoms with Crippen LogP contribution >= 0.6 is 23.1 Å². The number of aryl methyl sites for hydroxylation is 2. The SMILES string of the molecule is C[C@@H](Sc1ncnc2sc3c(c12)CCC3)C(=O)N(C)Cc1cccc(F)c1. The second-order valence-corrected chi connectivity index (χ2v) is 9.21. The van der Waals surface area contributed by atoms with E-state index in [1.165, 1.54) is 40.8 Å². The Labute approximate surface area is 165 Å². The Morgan fingerprint density at radius 3 is 3.04 bits per heavy atom. The molecule has 27 heavy (non-hydrogen) atoms. The molecule has 1 atom stereocenters. The number of fused-ring (bicyclic) bond motifs is 3. The Bertz CT molecular complexity index is 1000. The fraction of sp³-hybridized carbons (Fsp3) is 0.350. The van der Waals surface area contributed by atoms with E-state index in [1.807, 2.05) is 13.0 Å². The summed E-state index contributed by atoms with van der Waals surface area (Å²) in [5.74, 6) is -0.284. The summed E-state index contributed by atoms with van der Waals surface area (Å²) in [6.07, 6.45) is 4.95. The Morgan fingerprint density at radius 1 is 1.37 bits per heavy atom. The molecular formula is C20H20FN3OS2. The van der Waals surface area contributed by atoms with Crippen molar-refractivity contribution >= 4 is 39.2 Å². The molecule has 1 amide bonds. The fourth-order valence-corrected chi connectivity index (χ4v) is 5.86. The quantitative estimate of drug-likeness (QED) is 0.468. The van der Waals surface area contributed by atoms with E-state index in [0.29, 0.717) is 6.54 Å². The van der Waals surface area contributed by atoms with Crippen LogP contribution in [0, 0.1) is 5.82 Å². The number of thioether (sulfide) groups is 1. The second-order valence-electron chi connectivity index (χ2n) is 6.80. The van der Waals surface area contributed by atoms with Gasteiger partial charge in [0.2, 0.25) is 5.91 Å². The molecule has 0 N–H and O–H groups in total. The normalized spacial score (nSPS) is 14.3.